The van der Waals surface area contributed by atoms with Gasteiger partial charge in [0.15, 0.2) is 0 Å². The van der Waals surface area contributed by atoms with Crippen molar-refractivity contribution in [3.05, 3.63) is 60.4 Å². The first-order valence-corrected chi connectivity index (χ1v) is 9.87. The van der Waals surface area contributed by atoms with Crippen LogP contribution in [0.3, 0.4) is 0 Å². The first kappa shape index (κ1) is 22.9. The number of hydrogen-bond donors (Lipinski definition) is 3. The fourth-order valence-electron chi connectivity index (χ4n) is 3.38. The molecule has 1 aliphatic rings. The Morgan fingerprint density at radius 1 is 1.24 bits per heavy atom. The minimum absolute atomic E-state index is 0.110. The molecule has 158 valence electrons. The first-order valence-electron chi connectivity index (χ1n) is 9.87. The quantitative estimate of drug-likeness (QED) is 0.316. The van der Waals surface area contributed by atoms with Crippen LogP contribution in [0.2, 0.25) is 0 Å². The minimum Gasteiger partial charge on any atom is -0.491 e. The molecule has 0 heterocycles. The molecule has 0 saturated heterocycles. The number of allylic oxidation sites excluding steroid dienone is 1. The molecule has 1 aliphatic carbocycles. The SMILES string of the molecule is COC(=O)CCC=C=CC[C@@H]1C(/C=C/[C@@H](O)COc2ccccc2)[C@H](O)C[C@@H]1O. The third kappa shape index (κ3) is 7.87. The maximum Gasteiger partial charge on any atom is 0.305 e. The number of aliphatic hydroxyl groups excluding tert-OH is 3. The highest BCUT2D eigenvalue weighted by atomic mass is 16.5. The molecule has 1 unspecified atom stereocenters. The van der Waals surface area contributed by atoms with Crippen LogP contribution >= 0.6 is 0 Å². The molecule has 5 atom stereocenters. The predicted octanol–water partition coefficient (Wildman–Crippen LogP) is 2.40. The van der Waals surface area contributed by atoms with Crippen molar-refractivity contribution >= 4 is 5.97 Å². The maximum absolute atomic E-state index is 11.1. The van der Waals surface area contributed by atoms with E-state index in [0.717, 1.165) is 0 Å². The summed E-state index contributed by atoms with van der Waals surface area (Å²) in [6.07, 6.45) is 6.52. The van der Waals surface area contributed by atoms with Gasteiger partial charge in [-0.3, -0.25) is 4.79 Å². The van der Waals surface area contributed by atoms with Gasteiger partial charge < -0.3 is 24.8 Å². The second-order valence-electron chi connectivity index (χ2n) is 7.11. The molecule has 6 nitrogen and oxygen atoms in total. The van der Waals surface area contributed by atoms with Gasteiger partial charge in [-0.25, -0.2) is 0 Å². The Balaban J connectivity index is 1.85. The Hall–Kier alpha value is -2.37. The summed E-state index contributed by atoms with van der Waals surface area (Å²) < 4.78 is 10.1. The average Bonchev–Trinajstić information content (AvgIpc) is 3.00. The number of hydrogen-bond acceptors (Lipinski definition) is 6. The summed E-state index contributed by atoms with van der Waals surface area (Å²) in [6, 6.07) is 9.23. The number of ether oxygens (including phenoxy) is 2. The van der Waals surface area contributed by atoms with E-state index < -0.39 is 18.3 Å². The summed E-state index contributed by atoms with van der Waals surface area (Å²) in [4.78, 5) is 11.1. The molecule has 1 aromatic rings. The van der Waals surface area contributed by atoms with E-state index in [9.17, 15) is 20.1 Å². The molecule has 29 heavy (non-hydrogen) atoms. The lowest BCUT2D eigenvalue weighted by molar-refractivity contribution is -0.140. The van der Waals surface area contributed by atoms with Gasteiger partial charge in [0, 0.05) is 18.8 Å². The normalized spacial score (nSPS) is 24.7. The molecule has 0 amide bonds. The Morgan fingerprint density at radius 3 is 2.72 bits per heavy atom. The van der Waals surface area contributed by atoms with Crippen molar-refractivity contribution in [3.63, 3.8) is 0 Å². The van der Waals surface area contributed by atoms with Crippen molar-refractivity contribution in [2.75, 3.05) is 13.7 Å². The summed E-state index contributed by atoms with van der Waals surface area (Å²) in [5.41, 5.74) is 3.01. The molecule has 0 spiro atoms. The van der Waals surface area contributed by atoms with Gasteiger partial charge >= 0.3 is 5.97 Å². The molecule has 2 rings (SSSR count). The number of para-hydroxylation sites is 1. The van der Waals surface area contributed by atoms with Crippen LogP contribution in [0.4, 0.5) is 0 Å². The zero-order valence-electron chi connectivity index (χ0n) is 16.7. The van der Waals surface area contributed by atoms with Gasteiger partial charge in [0.05, 0.1) is 19.3 Å². The minimum atomic E-state index is -0.811. The van der Waals surface area contributed by atoms with Crippen molar-refractivity contribution < 1.29 is 29.6 Å². The summed E-state index contributed by atoms with van der Waals surface area (Å²) in [7, 11) is 1.35. The van der Waals surface area contributed by atoms with Crippen LogP contribution in [0.15, 0.2) is 60.4 Å². The molecular weight excluding hydrogens is 372 g/mol. The van der Waals surface area contributed by atoms with Crippen LogP contribution in [-0.2, 0) is 9.53 Å². The molecule has 6 heteroatoms. The standard InChI is InChI=1S/C23H30O6/c1-28-23(27)12-8-3-2-7-11-19-20(22(26)15-21(19)25)14-13-17(24)16-29-18-9-5-4-6-10-18/h3-7,9-10,13-14,17,19-22,24-26H,8,11-12,15-16H2,1H3/b14-13+/t2?,17-,19-,20?,21+,22-/m1/s1. The van der Waals surface area contributed by atoms with E-state index in [-0.39, 0.29) is 24.4 Å². The van der Waals surface area contributed by atoms with Gasteiger partial charge in [-0.2, -0.15) is 0 Å². The predicted molar refractivity (Wildman–Crippen MR) is 109 cm³/mol. The largest absolute Gasteiger partial charge is 0.491 e. The van der Waals surface area contributed by atoms with Gasteiger partial charge in [-0.15, -0.1) is 5.73 Å². The first-order chi connectivity index (χ1) is 14.0. The Labute approximate surface area is 171 Å². The molecule has 1 fully saturated rings. The van der Waals surface area contributed by atoms with Crippen LogP contribution in [0.1, 0.15) is 25.7 Å². The van der Waals surface area contributed by atoms with Crippen molar-refractivity contribution in [2.24, 2.45) is 11.8 Å². The highest BCUT2D eigenvalue weighted by Crippen LogP contribution is 2.36. The van der Waals surface area contributed by atoms with Crippen molar-refractivity contribution in [2.45, 2.75) is 44.0 Å². The van der Waals surface area contributed by atoms with E-state index in [1.807, 2.05) is 30.3 Å². The number of benzene rings is 1. The van der Waals surface area contributed by atoms with Gasteiger partial charge in [0.1, 0.15) is 18.5 Å². The smallest absolute Gasteiger partial charge is 0.305 e. The van der Waals surface area contributed by atoms with Gasteiger partial charge in [-0.1, -0.05) is 30.4 Å². The molecule has 0 aliphatic heterocycles. The Bertz CT molecular complexity index is 707. The van der Waals surface area contributed by atoms with Gasteiger partial charge in [0.25, 0.3) is 0 Å². The lowest BCUT2D eigenvalue weighted by Crippen LogP contribution is -2.21. The van der Waals surface area contributed by atoms with Crippen LogP contribution in [-0.4, -0.2) is 53.3 Å². The molecule has 3 N–H and O–H groups in total. The number of esters is 1. The van der Waals surface area contributed by atoms with E-state index in [2.05, 4.69) is 10.5 Å². The summed E-state index contributed by atoms with van der Waals surface area (Å²) in [5, 5.41) is 30.6. The Morgan fingerprint density at radius 2 is 2.00 bits per heavy atom. The molecule has 1 saturated carbocycles. The molecular formula is C23H30O6. The average molecular weight is 402 g/mol. The van der Waals surface area contributed by atoms with Crippen LogP contribution in [0.25, 0.3) is 0 Å². The third-order valence-electron chi connectivity index (χ3n) is 4.98. The van der Waals surface area contributed by atoms with E-state index in [1.54, 1.807) is 24.3 Å². The number of carbonyl (C=O) groups is 1. The molecule has 0 bridgehead atoms. The fourth-order valence-corrected chi connectivity index (χ4v) is 3.38. The third-order valence-corrected chi connectivity index (χ3v) is 4.98. The lowest BCUT2D eigenvalue weighted by Gasteiger charge is -2.19. The number of carbonyl (C=O) groups excluding carboxylic acids is 1. The highest BCUT2D eigenvalue weighted by Gasteiger charge is 2.39. The lowest BCUT2D eigenvalue weighted by atomic mass is 9.90. The van der Waals surface area contributed by atoms with E-state index in [1.165, 1.54) is 7.11 Å². The van der Waals surface area contributed by atoms with E-state index >= 15 is 0 Å². The zero-order valence-corrected chi connectivity index (χ0v) is 16.7. The van der Waals surface area contributed by atoms with Gasteiger partial charge in [0.2, 0.25) is 0 Å². The summed E-state index contributed by atoms with van der Waals surface area (Å²) in [5.74, 6) is -0.00911. The maximum atomic E-state index is 11.1. The second-order valence-corrected chi connectivity index (χ2v) is 7.11. The number of aliphatic hydroxyl groups is 3. The van der Waals surface area contributed by atoms with Crippen LogP contribution < -0.4 is 4.74 Å². The van der Waals surface area contributed by atoms with Crippen molar-refractivity contribution in [1.82, 2.24) is 0 Å². The highest BCUT2D eigenvalue weighted by molar-refractivity contribution is 5.69. The molecule has 0 radical (unpaired) electrons. The second kappa shape index (κ2) is 12.2. The Kier molecular flexibility index (Phi) is 9.68. The van der Waals surface area contributed by atoms with Crippen LogP contribution in [0.5, 0.6) is 5.75 Å². The molecule has 1 aromatic carbocycles. The van der Waals surface area contributed by atoms with Gasteiger partial charge in [-0.05, 0) is 43.0 Å². The summed E-state index contributed by atoms with van der Waals surface area (Å²) >= 11 is 0. The van der Waals surface area contributed by atoms with Crippen LogP contribution in [0, 0.1) is 11.8 Å². The topological polar surface area (TPSA) is 96.2 Å². The summed E-state index contributed by atoms with van der Waals surface area (Å²) in [6.45, 7) is 0.110. The van der Waals surface area contributed by atoms with Crippen molar-refractivity contribution in [3.8, 4) is 5.75 Å². The molecule has 0 aromatic heterocycles. The van der Waals surface area contributed by atoms with E-state index in [0.29, 0.717) is 31.4 Å². The van der Waals surface area contributed by atoms with E-state index in [4.69, 9.17) is 4.74 Å². The monoisotopic (exact) mass is 402 g/mol. The zero-order chi connectivity index (χ0) is 21.1. The fraction of sp³-hybridized carbons (Fsp3) is 0.478. The number of rotatable bonds is 10. The number of methoxy groups -OCH3 is 1. The van der Waals surface area contributed by atoms with Crippen molar-refractivity contribution in [1.29, 1.82) is 0 Å².